The summed E-state index contributed by atoms with van der Waals surface area (Å²) in [6.07, 6.45) is 7.18. The molecule has 0 aromatic heterocycles. The van der Waals surface area contributed by atoms with E-state index in [4.69, 9.17) is 5.73 Å². The van der Waals surface area contributed by atoms with Gasteiger partial charge in [-0.2, -0.15) is 0 Å². The van der Waals surface area contributed by atoms with Gasteiger partial charge < -0.3 is 10.8 Å². The molecule has 0 amide bonds. The summed E-state index contributed by atoms with van der Waals surface area (Å²) in [4.78, 5) is 0. The molecule has 2 nitrogen and oxygen atoms in total. The van der Waals surface area contributed by atoms with E-state index >= 15 is 0 Å². The van der Waals surface area contributed by atoms with Crippen LogP contribution in [0.5, 0.6) is 0 Å². The van der Waals surface area contributed by atoms with Crippen molar-refractivity contribution in [3.05, 3.63) is 35.4 Å². The molecule has 1 fully saturated rings. The summed E-state index contributed by atoms with van der Waals surface area (Å²) in [5.41, 5.74) is 8.43. The van der Waals surface area contributed by atoms with Crippen molar-refractivity contribution < 1.29 is 5.11 Å². The molecule has 1 aromatic carbocycles. The second-order valence-corrected chi connectivity index (χ2v) is 5.94. The van der Waals surface area contributed by atoms with Crippen LogP contribution in [-0.4, -0.2) is 17.8 Å². The molecule has 1 aromatic rings. The average molecular weight is 261 g/mol. The molecule has 0 saturated heterocycles. The van der Waals surface area contributed by atoms with E-state index in [1.54, 1.807) is 0 Å². The van der Waals surface area contributed by atoms with Crippen molar-refractivity contribution in [2.45, 2.75) is 57.5 Å². The van der Waals surface area contributed by atoms with Gasteiger partial charge in [0.05, 0.1) is 6.10 Å². The summed E-state index contributed by atoms with van der Waals surface area (Å²) >= 11 is 0. The van der Waals surface area contributed by atoms with Gasteiger partial charge in [-0.1, -0.05) is 49.9 Å². The van der Waals surface area contributed by atoms with E-state index < -0.39 is 0 Å². The Morgan fingerprint density at radius 3 is 2.37 bits per heavy atom. The summed E-state index contributed by atoms with van der Waals surface area (Å²) in [5, 5.41) is 10.8. The highest BCUT2D eigenvalue weighted by Gasteiger charge is 2.29. The Bertz CT molecular complexity index is 383. The minimum atomic E-state index is -0.288. The third kappa shape index (κ3) is 3.58. The smallest absolute Gasteiger partial charge is 0.0649 e. The zero-order valence-electron chi connectivity index (χ0n) is 12.0. The van der Waals surface area contributed by atoms with Crippen LogP contribution in [0.4, 0.5) is 0 Å². The number of aliphatic hydroxyl groups is 1. The van der Waals surface area contributed by atoms with Crippen LogP contribution in [0, 0.1) is 12.8 Å². The lowest BCUT2D eigenvalue weighted by atomic mass is 9.81. The molecule has 0 radical (unpaired) electrons. The van der Waals surface area contributed by atoms with Gasteiger partial charge in [0.2, 0.25) is 0 Å². The van der Waals surface area contributed by atoms with E-state index in [1.165, 1.54) is 36.8 Å². The van der Waals surface area contributed by atoms with E-state index in [0.29, 0.717) is 12.5 Å². The number of aliphatic hydroxyl groups excluding tert-OH is 1. The van der Waals surface area contributed by atoms with Gasteiger partial charge in [-0.05, 0) is 36.8 Å². The Morgan fingerprint density at radius 2 is 1.79 bits per heavy atom. The summed E-state index contributed by atoms with van der Waals surface area (Å²) in [6, 6.07) is 8.32. The highest BCUT2D eigenvalue weighted by atomic mass is 16.3. The number of nitrogens with two attached hydrogens (primary N) is 1. The maximum absolute atomic E-state index is 10.8. The summed E-state index contributed by atoms with van der Waals surface area (Å²) in [5.74, 6) is 0.514. The Balaban J connectivity index is 2.14. The van der Waals surface area contributed by atoms with Crippen molar-refractivity contribution in [2.24, 2.45) is 11.7 Å². The van der Waals surface area contributed by atoms with Crippen LogP contribution in [0.1, 0.15) is 55.6 Å². The SMILES string of the molecule is Cc1ccccc1C(CN)C(O)C1CCCCCC1. The molecule has 3 N–H and O–H groups in total. The van der Waals surface area contributed by atoms with Crippen LogP contribution in [0.15, 0.2) is 24.3 Å². The van der Waals surface area contributed by atoms with E-state index in [2.05, 4.69) is 19.1 Å². The van der Waals surface area contributed by atoms with Crippen molar-refractivity contribution in [2.75, 3.05) is 6.54 Å². The fourth-order valence-electron chi connectivity index (χ4n) is 3.43. The van der Waals surface area contributed by atoms with Gasteiger partial charge in [-0.15, -0.1) is 0 Å². The van der Waals surface area contributed by atoms with Crippen LogP contribution < -0.4 is 5.73 Å². The molecule has 0 heterocycles. The van der Waals surface area contributed by atoms with Gasteiger partial charge in [-0.25, -0.2) is 0 Å². The lowest BCUT2D eigenvalue weighted by Crippen LogP contribution is -2.32. The Hall–Kier alpha value is -0.860. The molecular formula is C17H27NO. The van der Waals surface area contributed by atoms with Gasteiger partial charge in [0.1, 0.15) is 0 Å². The zero-order chi connectivity index (χ0) is 13.7. The van der Waals surface area contributed by atoms with Gasteiger partial charge in [0, 0.05) is 12.5 Å². The van der Waals surface area contributed by atoms with Crippen molar-refractivity contribution in [1.29, 1.82) is 0 Å². The molecule has 106 valence electrons. The standard InChI is InChI=1S/C17H27NO/c1-13-8-6-7-11-15(13)16(12-18)17(19)14-9-4-2-3-5-10-14/h6-8,11,14,16-17,19H,2-5,9-10,12,18H2,1H3. The Labute approximate surface area is 117 Å². The number of hydrogen-bond donors (Lipinski definition) is 2. The monoisotopic (exact) mass is 261 g/mol. The third-order valence-electron chi connectivity index (χ3n) is 4.64. The summed E-state index contributed by atoms with van der Waals surface area (Å²) < 4.78 is 0. The van der Waals surface area contributed by atoms with Crippen molar-refractivity contribution in [3.8, 4) is 0 Å². The first kappa shape index (κ1) is 14.5. The van der Waals surface area contributed by atoms with Crippen LogP contribution in [0.3, 0.4) is 0 Å². The molecule has 19 heavy (non-hydrogen) atoms. The molecule has 1 aliphatic rings. The van der Waals surface area contributed by atoms with Crippen LogP contribution >= 0.6 is 0 Å². The molecule has 1 aliphatic carbocycles. The third-order valence-corrected chi connectivity index (χ3v) is 4.64. The van der Waals surface area contributed by atoms with E-state index in [-0.39, 0.29) is 12.0 Å². The molecule has 0 bridgehead atoms. The molecule has 2 unspecified atom stereocenters. The maximum Gasteiger partial charge on any atom is 0.0649 e. The van der Waals surface area contributed by atoms with Gasteiger partial charge in [0.25, 0.3) is 0 Å². The molecule has 0 aliphatic heterocycles. The molecule has 2 atom stereocenters. The zero-order valence-corrected chi connectivity index (χ0v) is 12.0. The van der Waals surface area contributed by atoms with Crippen LogP contribution in [0.2, 0.25) is 0 Å². The van der Waals surface area contributed by atoms with E-state index in [1.807, 2.05) is 12.1 Å². The molecule has 0 spiro atoms. The van der Waals surface area contributed by atoms with Gasteiger partial charge in [0.15, 0.2) is 0 Å². The predicted octanol–water partition coefficient (Wildman–Crippen LogP) is 3.37. The van der Waals surface area contributed by atoms with Gasteiger partial charge >= 0.3 is 0 Å². The number of rotatable bonds is 4. The molecular weight excluding hydrogens is 234 g/mol. The number of benzene rings is 1. The first-order valence-corrected chi connectivity index (χ1v) is 7.67. The lowest BCUT2D eigenvalue weighted by Gasteiger charge is -2.29. The highest BCUT2D eigenvalue weighted by molar-refractivity contribution is 5.30. The van der Waals surface area contributed by atoms with Gasteiger partial charge in [-0.3, -0.25) is 0 Å². The topological polar surface area (TPSA) is 46.2 Å². The van der Waals surface area contributed by atoms with Crippen LogP contribution in [-0.2, 0) is 0 Å². The minimum Gasteiger partial charge on any atom is -0.392 e. The van der Waals surface area contributed by atoms with Crippen molar-refractivity contribution in [3.63, 3.8) is 0 Å². The predicted molar refractivity (Wildman–Crippen MR) is 80.2 cm³/mol. The molecule has 2 rings (SSSR count). The van der Waals surface area contributed by atoms with Crippen molar-refractivity contribution >= 4 is 0 Å². The van der Waals surface area contributed by atoms with Crippen molar-refractivity contribution in [1.82, 2.24) is 0 Å². The first-order chi connectivity index (χ1) is 9.24. The number of hydrogen-bond acceptors (Lipinski definition) is 2. The van der Waals surface area contributed by atoms with E-state index in [0.717, 1.165) is 12.8 Å². The normalized spacial score (nSPS) is 20.8. The lowest BCUT2D eigenvalue weighted by molar-refractivity contribution is 0.0740. The summed E-state index contributed by atoms with van der Waals surface area (Å²) in [6.45, 7) is 2.64. The first-order valence-electron chi connectivity index (χ1n) is 7.67. The summed E-state index contributed by atoms with van der Waals surface area (Å²) in [7, 11) is 0. The molecule has 2 heteroatoms. The average Bonchev–Trinajstić information content (AvgIpc) is 2.70. The minimum absolute atomic E-state index is 0.0873. The second kappa shape index (κ2) is 7.06. The van der Waals surface area contributed by atoms with E-state index in [9.17, 15) is 5.11 Å². The van der Waals surface area contributed by atoms with Crippen LogP contribution in [0.25, 0.3) is 0 Å². The maximum atomic E-state index is 10.8. The Kier molecular flexibility index (Phi) is 5.41. The fourth-order valence-corrected chi connectivity index (χ4v) is 3.43. The number of aryl methyl sites for hydroxylation is 1. The Morgan fingerprint density at radius 1 is 1.16 bits per heavy atom. The quantitative estimate of drug-likeness (QED) is 0.816. The largest absolute Gasteiger partial charge is 0.392 e. The highest BCUT2D eigenvalue weighted by Crippen LogP contribution is 2.33. The fraction of sp³-hybridized carbons (Fsp3) is 0.647. The molecule has 1 saturated carbocycles. The second-order valence-electron chi connectivity index (χ2n) is 5.94.